The molecule has 0 N–H and O–H groups in total. The molecule has 0 nitrogen and oxygen atoms in total. The van der Waals surface area contributed by atoms with E-state index in [9.17, 15) is 0 Å². The van der Waals surface area contributed by atoms with Crippen LogP contribution >= 0.6 is 24.8 Å². The summed E-state index contributed by atoms with van der Waals surface area (Å²) >= 11 is 9.04. The Labute approximate surface area is 84.4 Å². The smallest absolute Gasteiger partial charge is 0.0747 e. The van der Waals surface area contributed by atoms with Crippen LogP contribution in [0.15, 0.2) is 24.3 Å². The molecule has 0 unspecified atom stereocenters. The van der Waals surface area contributed by atoms with E-state index in [1.165, 1.54) is 12.0 Å². The topological polar surface area (TPSA) is 0 Å². The van der Waals surface area contributed by atoms with Gasteiger partial charge in [0.1, 0.15) is 0 Å². The second kappa shape index (κ2) is 4.63. The molecule has 0 atom stereocenters. The van der Waals surface area contributed by atoms with Crippen LogP contribution in [0.1, 0.15) is 24.5 Å². The predicted molar refractivity (Wildman–Crippen MR) is 61.1 cm³/mol. The molecule has 0 spiro atoms. The number of thiol groups is 1. The molecular formula is C10H12S2. The lowest BCUT2D eigenvalue weighted by Crippen LogP contribution is -1.88. The van der Waals surface area contributed by atoms with Gasteiger partial charge < -0.3 is 0 Å². The minimum absolute atomic E-state index is 0.665. The Kier molecular flexibility index (Phi) is 3.76. The van der Waals surface area contributed by atoms with Crippen LogP contribution in [0.25, 0.3) is 0 Å². The molecule has 0 aliphatic heterocycles. The summed E-state index contributed by atoms with van der Waals surface area (Å²) in [5, 5.41) is 0. The molecule has 1 aromatic carbocycles. The summed E-state index contributed by atoms with van der Waals surface area (Å²) < 4.78 is 0.665. The number of benzene rings is 1. The molecule has 1 rings (SSSR count). The van der Waals surface area contributed by atoms with Gasteiger partial charge in [-0.3, -0.25) is 0 Å². The maximum absolute atomic E-state index is 4.93. The molecule has 0 bridgehead atoms. The van der Waals surface area contributed by atoms with E-state index in [1.807, 2.05) is 12.1 Å². The van der Waals surface area contributed by atoms with Gasteiger partial charge in [-0.2, -0.15) is 0 Å². The maximum Gasteiger partial charge on any atom is 0.0747 e. The summed E-state index contributed by atoms with van der Waals surface area (Å²) in [5.41, 5.74) is 2.40. The van der Waals surface area contributed by atoms with Gasteiger partial charge in [0, 0.05) is 0 Å². The number of hydrogen-bond donors (Lipinski definition) is 1. The lowest BCUT2D eigenvalue weighted by Gasteiger charge is -2.00. The Hall–Kier alpha value is -0.340. The molecule has 0 radical (unpaired) electrons. The van der Waals surface area contributed by atoms with Crippen molar-refractivity contribution in [1.29, 1.82) is 0 Å². The first kappa shape index (κ1) is 9.75. The largest absolute Gasteiger partial charge is 0.131 e. The monoisotopic (exact) mass is 196 g/mol. The molecule has 1 aromatic rings. The van der Waals surface area contributed by atoms with Crippen LogP contribution in [0.4, 0.5) is 0 Å². The van der Waals surface area contributed by atoms with Crippen molar-refractivity contribution in [3.63, 3.8) is 0 Å². The standard InChI is InChI=1S/C10H12S2/c1-2-3-8-4-6-9(7-5-8)10(11)12/h4-7H,2-3H2,1H3,(H,11,12). The van der Waals surface area contributed by atoms with Gasteiger partial charge in [-0.1, -0.05) is 49.8 Å². The number of aryl methyl sites for hydroxylation is 1. The summed E-state index contributed by atoms with van der Waals surface area (Å²) in [7, 11) is 0. The fourth-order valence-corrected chi connectivity index (χ4v) is 1.39. The SMILES string of the molecule is CCCc1ccc(C(=S)S)cc1. The van der Waals surface area contributed by atoms with E-state index in [4.69, 9.17) is 12.2 Å². The third kappa shape index (κ3) is 2.61. The second-order valence-corrected chi connectivity index (χ2v) is 3.91. The highest BCUT2D eigenvalue weighted by atomic mass is 32.1. The minimum Gasteiger partial charge on any atom is -0.131 e. The molecule has 12 heavy (non-hydrogen) atoms. The number of thiocarbonyl (C=S) groups is 1. The predicted octanol–water partition coefficient (Wildman–Crippen LogP) is 3.24. The Morgan fingerprint density at radius 3 is 2.33 bits per heavy atom. The maximum atomic E-state index is 4.93. The summed E-state index contributed by atoms with van der Waals surface area (Å²) in [5.74, 6) is 0. The van der Waals surface area contributed by atoms with Crippen molar-refractivity contribution < 1.29 is 0 Å². The number of rotatable bonds is 3. The highest BCUT2D eigenvalue weighted by Crippen LogP contribution is 2.09. The van der Waals surface area contributed by atoms with Crippen molar-refractivity contribution in [1.82, 2.24) is 0 Å². The van der Waals surface area contributed by atoms with Crippen LogP contribution in [0.5, 0.6) is 0 Å². The van der Waals surface area contributed by atoms with Gasteiger partial charge in [-0.15, -0.1) is 12.6 Å². The van der Waals surface area contributed by atoms with Crippen molar-refractivity contribution in [2.24, 2.45) is 0 Å². The first-order valence-corrected chi connectivity index (χ1v) is 4.92. The summed E-state index contributed by atoms with van der Waals surface area (Å²) in [6.45, 7) is 2.18. The van der Waals surface area contributed by atoms with E-state index in [0.29, 0.717) is 4.20 Å². The molecule has 0 fully saturated rings. The zero-order valence-electron chi connectivity index (χ0n) is 7.08. The lowest BCUT2D eigenvalue weighted by atomic mass is 10.1. The molecule has 0 heterocycles. The van der Waals surface area contributed by atoms with Gasteiger partial charge in [0.05, 0.1) is 4.20 Å². The Bertz CT molecular complexity index is 262. The highest BCUT2D eigenvalue weighted by Gasteiger charge is 1.95. The molecule has 0 aliphatic carbocycles. The van der Waals surface area contributed by atoms with Crippen molar-refractivity contribution in [3.05, 3.63) is 35.4 Å². The van der Waals surface area contributed by atoms with E-state index < -0.39 is 0 Å². The molecule has 0 saturated carbocycles. The molecule has 0 saturated heterocycles. The lowest BCUT2D eigenvalue weighted by molar-refractivity contribution is 0.922. The fourth-order valence-electron chi connectivity index (χ4n) is 1.10. The first-order chi connectivity index (χ1) is 5.74. The third-order valence-electron chi connectivity index (χ3n) is 1.74. The average Bonchev–Trinajstić information content (AvgIpc) is 2.06. The van der Waals surface area contributed by atoms with Crippen LogP contribution in [-0.4, -0.2) is 4.20 Å². The fraction of sp³-hybridized carbons (Fsp3) is 0.300. The van der Waals surface area contributed by atoms with Crippen LogP contribution in [0.2, 0.25) is 0 Å². The van der Waals surface area contributed by atoms with Gasteiger partial charge >= 0.3 is 0 Å². The van der Waals surface area contributed by atoms with E-state index in [-0.39, 0.29) is 0 Å². The van der Waals surface area contributed by atoms with Crippen molar-refractivity contribution in [2.75, 3.05) is 0 Å². The molecule has 2 heteroatoms. The zero-order chi connectivity index (χ0) is 8.97. The third-order valence-corrected chi connectivity index (χ3v) is 2.23. The minimum atomic E-state index is 0.665. The molecule has 0 aliphatic rings. The molecular weight excluding hydrogens is 184 g/mol. The van der Waals surface area contributed by atoms with E-state index in [0.717, 1.165) is 12.0 Å². The van der Waals surface area contributed by atoms with Gasteiger partial charge in [0.25, 0.3) is 0 Å². The quantitative estimate of drug-likeness (QED) is 0.572. The normalized spacial score (nSPS) is 9.83. The van der Waals surface area contributed by atoms with Gasteiger partial charge in [0.15, 0.2) is 0 Å². The van der Waals surface area contributed by atoms with Crippen LogP contribution in [-0.2, 0) is 6.42 Å². The van der Waals surface area contributed by atoms with Crippen LogP contribution in [0.3, 0.4) is 0 Å². The van der Waals surface area contributed by atoms with Crippen molar-refractivity contribution >= 4 is 29.0 Å². The van der Waals surface area contributed by atoms with Crippen LogP contribution < -0.4 is 0 Å². The summed E-state index contributed by atoms with van der Waals surface area (Å²) in [4.78, 5) is 0. The summed E-state index contributed by atoms with van der Waals surface area (Å²) in [6.07, 6.45) is 2.32. The Morgan fingerprint density at radius 1 is 1.33 bits per heavy atom. The van der Waals surface area contributed by atoms with Gasteiger partial charge in [-0.05, 0) is 17.5 Å². The Morgan fingerprint density at radius 2 is 1.92 bits per heavy atom. The van der Waals surface area contributed by atoms with Crippen molar-refractivity contribution in [3.8, 4) is 0 Å². The zero-order valence-corrected chi connectivity index (χ0v) is 8.79. The van der Waals surface area contributed by atoms with E-state index in [1.54, 1.807) is 0 Å². The first-order valence-electron chi connectivity index (χ1n) is 4.06. The molecule has 64 valence electrons. The van der Waals surface area contributed by atoms with Crippen LogP contribution in [0, 0.1) is 0 Å². The molecule has 0 amide bonds. The van der Waals surface area contributed by atoms with E-state index in [2.05, 4.69) is 31.7 Å². The summed E-state index contributed by atoms with van der Waals surface area (Å²) in [6, 6.07) is 8.28. The van der Waals surface area contributed by atoms with E-state index >= 15 is 0 Å². The second-order valence-electron chi connectivity index (χ2n) is 2.75. The Balaban J connectivity index is 2.78. The molecule has 0 aromatic heterocycles. The van der Waals surface area contributed by atoms with Gasteiger partial charge in [-0.25, -0.2) is 0 Å². The average molecular weight is 196 g/mol. The van der Waals surface area contributed by atoms with Crippen molar-refractivity contribution in [2.45, 2.75) is 19.8 Å². The van der Waals surface area contributed by atoms with Gasteiger partial charge in [0.2, 0.25) is 0 Å². The highest BCUT2D eigenvalue weighted by molar-refractivity contribution is 8.11. The number of hydrogen-bond acceptors (Lipinski definition) is 1.